The first-order valence-corrected chi connectivity index (χ1v) is 9.91. The number of hydrogen-bond donors (Lipinski definition) is 1. The zero-order chi connectivity index (χ0) is 20.0. The summed E-state index contributed by atoms with van der Waals surface area (Å²) in [6.45, 7) is 5.81. The molecule has 2 rings (SSSR count). The van der Waals surface area contributed by atoms with Gasteiger partial charge in [-0.1, -0.05) is 29.8 Å². The van der Waals surface area contributed by atoms with Crippen LogP contribution in [0.5, 0.6) is 5.75 Å². The van der Waals surface area contributed by atoms with E-state index in [0.29, 0.717) is 0 Å². The number of hydrogen-bond acceptors (Lipinski definition) is 4. The van der Waals surface area contributed by atoms with Crippen LogP contribution in [0.25, 0.3) is 0 Å². The number of carbonyl (C=O) groups excluding carboxylic acids is 2. The van der Waals surface area contributed by atoms with Crippen molar-refractivity contribution >= 4 is 29.3 Å². The van der Waals surface area contributed by atoms with Crippen LogP contribution in [0, 0.1) is 20.8 Å². The first kappa shape index (κ1) is 20.8. The lowest BCUT2D eigenvalue weighted by atomic mass is 10.1. The molecule has 0 aromatic heterocycles. The Morgan fingerprint density at radius 1 is 1.11 bits per heavy atom. The predicted molar refractivity (Wildman–Crippen MR) is 111 cm³/mol. The summed E-state index contributed by atoms with van der Waals surface area (Å²) >= 11 is 1.56. The summed E-state index contributed by atoms with van der Waals surface area (Å²) in [5, 5.41) is 2.85. The van der Waals surface area contributed by atoms with Crippen LogP contribution in [0.1, 0.15) is 16.7 Å². The van der Waals surface area contributed by atoms with Gasteiger partial charge in [-0.05, 0) is 50.3 Å². The molecule has 0 aliphatic heterocycles. The van der Waals surface area contributed by atoms with Crippen LogP contribution in [0.3, 0.4) is 0 Å². The minimum Gasteiger partial charge on any atom is -0.483 e. The number of aryl methyl sites for hydroxylation is 3. The van der Waals surface area contributed by atoms with E-state index in [1.54, 1.807) is 18.8 Å². The van der Waals surface area contributed by atoms with Gasteiger partial charge in [-0.25, -0.2) is 0 Å². The molecule has 0 spiro atoms. The molecule has 0 aliphatic carbocycles. The molecule has 0 radical (unpaired) electrons. The van der Waals surface area contributed by atoms with Gasteiger partial charge in [0.2, 0.25) is 5.91 Å². The summed E-state index contributed by atoms with van der Waals surface area (Å²) in [5.74, 6) is 0.235. The van der Waals surface area contributed by atoms with E-state index < -0.39 is 0 Å². The highest BCUT2D eigenvalue weighted by atomic mass is 32.2. The van der Waals surface area contributed by atoms with E-state index in [1.807, 2.05) is 63.4 Å². The van der Waals surface area contributed by atoms with Gasteiger partial charge in [0.15, 0.2) is 6.61 Å². The van der Waals surface area contributed by atoms with Crippen molar-refractivity contribution in [1.82, 2.24) is 4.90 Å². The summed E-state index contributed by atoms with van der Waals surface area (Å²) in [7, 11) is 1.60. The molecule has 0 atom stereocenters. The Balaban J connectivity index is 1.91. The average molecular weight is 387 g/mol. The van der Waals surface area contributed by atoms with Gasteiger partial charge < -0.3 is 15.0 Å². The van der Waals surface area contributed by atoms with E-state index in [1.165, 1.54) is 4.90 Å². The molecular formula is C21H26N2O3S. The Morgan fingerprint density at radius 2 is 1.74 bits per heavy atom. The van der Waals surface area contributed by atoms with Gasteiger partial charge in [0.1, 0.15) is 5.75 Å². The van der Waals surface area contributed by atoms with Crippen LogP contribution in [-0.2, 0) is 9.59 Å². The first-order valence-electron chi connectivity index (χ1n) is 8.69. The number of nitrogens with zero attached hydrogens (tertiary/aromatic N) is 1. The summed E-state index contributed by atoms with van der Waals surface area (Å²) < 4.78 is 5.72. The highest BCUT2D eigenvalue weighted by Gasteiger charge is 2.16. The lowest BCUT2D eigenvalue weighted by Crippen LogP contribution is -2.37. The molecule has 0 unspecified atom stereocenters. The van der Waals surface area contributed by atoms with E-state index >= 15 is 0 Å². The molecule has 27 heavy (non-hydrogen) atoms. The summed E-state index contributed by atoms with van der Waals surface area (Å²) in [6.07, 6.45) is 1.95. The van der Waals surface area contributed by atoms with E-state index in [4.69, 9.17) is 4.74 Å². The minimum atomic E-state index is -0.248. The second-order valence-corrected chi connectivity index (χ2v) is 7.36. The van der Waals surface area contributed by atoms with Crippen LogP contribution in [0.4, 0.5) is 5.69 Å². The monoisotopic (exact) mass is 386 g/mol. The van der Waals surface area contributed by atoms with Crippen molar-refractivity contribution in [3.63, 3.8) is 0 Å². The van der Waals surface area contributed by atoms with Gasteiger partial charge in [0.05, 0.1) is 12.2 Å². The number of para-hydroxylation sites is 1. The molecule has 2 aromatic rings. The van der Waals surface area contributed by atoms with Crippen molar-refractivity contribution in [1.29, 1.82) is 0 Å². The number of benzene rings is 2. The van der Waals surface area contributed by atoms with E-state index in [-0.39, 0.29) is 25.0 Å². The Morgan fingerprint density at radius 3 is 2.37 bits per heavy atom. The SMILES string of the molecule is CSc1ccccc1NC(=O)CN(C)C(=O)COc1c(C)cc(C)cc1C. The smallest absolute Gasteiger partial charge is 0.260 e. The van der Waals surface area contributed by atoms with Crippen molar-refractivity contribution in [2.24, 2.45) is 0 Å². The predicted octanol–water partition coefficient (Wildman–Crippen LogP) is 3.81. The van der Waals surface area contributed by atoms with E-state index in [9.17, 15) is 9.59 Å². The Kier molecular flexibility index (Phi) is 7.30. The maximum atomic E-state index is 12.3. The second kappa shape index (κ2) is 9.46. The Bertz CT molecular complexity index is 813. The van der Waals surface area contributed by atoms with Crippen LogP contribution in [-0.4, -0.2) is 43.2 Å². The molecule has 2 aromatic carbocycles. The largest absolute Gasteiger partial charge is 0.483 e. The van der Waals surface area contributed by atoms with Gasteiger partial charge in [-0.3, -0.25) is 9.59 Å². The third-order valence-electron chi connectivity index (χ3n) is 4.13. The number of thioether (sulfide) groups is 1. The molecule has 144 valence electrons. The number of nitrogens with one attached hydrogen (secondary N) is 1. The highest BCUT2D eigenvalue weighted by molar-refractivity contribution is 7.98. The fourth-order valence-electron chi connectivity index (χ4n) is 2.88. The maximum Gasteiger partial charge on any atom is 0.260 e. The number of rotatable bonds is 7. The maximum absolute atomic E-state index is 12.3. The van der Waals surface area contributed by atoms with Crippen molar-refractivity contribution in [3.8, 4) is 5.75 Å². The average Bonchev–Trinajstić information content (AvgIpc) is 2.60. The van der Waals surface area contributed by atoms with Crippen molar-refractivity contribution < 1.29 is 14.3 Å². The number of anilines is 1. The third kappa shape index (κ3) is 5.76. The van der Waals surface area contributed by atoms with Gasteiger partial charge in [0, 0.05) is 11.9 Å². The highest BCUT2D eigenvalue weighted by Crippen LogP contribution is 2.25. The molecule has 0 bridgehead atoms. The lowest BCUT2D eigenvalue weighted by Gasteiger charge is -2.19. The molecule has 1 N–H and O–H groups in total. The third-order valence-corrected chi connectivity index (χ3v) is 4.93. The fraction of sp³-hybridized carbons (Fsp3) is 0.333. The van der Waals surface area contributed by atoms with Crippen LogP contribution < -0.4 is 10.1 Å². The van der Waals surface area contributed by atoms with Crippen LogP contribution in [0.2, 0.25) is 0 Å². The first-order chi connectivity index (χ1) is 12.8. The van der Waals surface area contributed by atoms with Gasteiger partial charge in [-0.15, -0.1) is 11.8 Å². The molecule has 0 saturated carbocycles. The van der Waals surface area contributed by atoms with Crippen molar-refractivity contribution in [3.05, 3.63) is 53.1 Å². The van der Waals surface area contributed by atoms with Gasteiger partial charge in [0.25, 0.3) is 5.91 Å². The molecule has 6 heteroatoms. The van der Waals surface area contributed by atoms with E-state index in [0.717, 1.165) is 33.0 Å². The molecular weight excluding hydrogens is 360 g/mol. The Labute approximate surface area is 165 Å². The molecule has 0 heterocycles. The van der Waals surface area contributed by atoms with Crippen molar-refractivity contribution in [2.45, 2.75) is 25.7 Å². The number of likely N-dealkylation sites (N-methyl/N-ethyl adjacent to an activating group) is 1. The number of amides is 2. The minimum absolute atomic E-state index is 0.0310. The van der Waals surface area contributed by atoms with E-state index in [2.05, 4.69) is 5.32 Å². The standard InChI is InChI=1S/C21H26N2O3S/c1-14-10-15(2)21(16(3)11-14)26-13-20(25)23(4)12-19(24)22-17-8-6-7-9-18(17)27-5/h6-11H,12-13H2,1-5H3,(H,22,24). The number of carbonyl (C=O) groups is 2. The zero-order valence-electron chi connectivity index (χ0n) is 16.5. The van der Waals surface area contributed by atoms with Crippen molar-refractivity contribution in [2.75, 3.05) is 31.8 Å². The second-order valence-electron chi connectivity index (χ2n) is 6.51. The molecule has 0 saturated heterocycles. The topological polar surface area (TPSA) is 58.6 Å². The van der Waals surface area contributed by atoms with Gasteiger partial charge in [-0.2, -0.15) is 0 Å². The normalized spacial score (nSPS) is 10.4. The quantitative estimate of drug-likeness (QED) is 0.735. The molecule has 0 fully saturated rings. The van der Waals surface area contributed by atoms with Crippen LogP contribution in [0.15, 0.2) is 41.3 Å². The summed E-state index contributed by atoms with van der Waals surface area (Å²) in [4.78, 5) is 26.9. The molecule has 5 nitrogen and oxygen atoms in total. The molecule has 2 amide bonds. The molecule has 0 aliphatic rings. The summed E-state index contributed by atoms with van der Waals surface area (Å²) in [6, 6.07) is 11.6. The summed E-state index contributed by atoms with van der Waals surface area (Å²) in [5.41, 5.74) is 3.89. The zero-order valence-corrected chi connectivity index (χ0v) is 17.3. The van der Waals surface area contributed by atoms with Gasteiger partial charge >= 0.3 is 0 Å². The fourth-order valence-corrected chi connectivity index (χ4v) is 3.43. The number of ether oxygens (including phenoxy) is 1. The Hall–Kier alpha value is -2.47. The lowest BCUT2D eigenvalue weighted by molar-refractivity contribution is -0.135. The van der Waals surface area contributed by atoms with Crippen LogP contribution >= 0.6 is 11.8 Å².